The molecule has 1 aliphatic carbocycles. The molecule has 1 fully saturated rings. The highest BCUT2D eigenvalue weighted by Gasteiger charge is 2.19. The van der Waals surface area contributed by atoms with Gasteiger partial charge >= 0.3 is 0 Å². The van der Waals surface area contributed by atoms with Gasteiger partial charge in [-0.2, -0.15) is 0 Å². The van der Waals surface area contributed by atoms with Crippen molar-refractivity contribution in [3.8, 4) is 0 Å². The van der Waals surface area contributed by atoms with E-state index in [4.69, 9.17) is 5.73 Å². The molecule has 0 radical (unpaired) electrons. The zero-order valence-electron chi connectivity index (χ0n) is 13.1. The van der Waals surface area contributed by atoms with Crippen LogP contribution in [0.5, 0.6) is 0 Å². The summed E-state index contributed by atoms with van der Waals surface area (Å²) in [5.41, 5.74) is 6.66. The Balaban J connectivity index is 1.92. The van der Waals surface area contributed by atoms with Crippen LogP contribution >= 0.6 is 11.3 Å². The molecular formula is C16H27N3OS. The van der Waals surface area contributed by atoms with Crippen molar-refractivity contribution in [1.82, 2.24) is 10.3 Å². The summed E-state index contributed by atoms with van der Waals surface area (Å²) in [6, 6.07) is 0.254. The van der Waals surface area contributed by atoms with Gasteiger partial charge < -0.3 is 11.1 Å². The molecule has 21 heavy (non-hydrogen) atoms. The lowest BCUT2D eigenvalue weighted by molar-refractivity contribution is 0.0929. The second-order valence-electron chi connectivity index (χ2n) is 6.47. The summed E-state index contributed by atoms with van der Waals surface area (Å²) in [5, 5.41) is 5.84. The van der Waals surface area contributed by atoms with Crippen LogP contribution in [0.1, 0.15) is 80.3 Å². The molecule has 0 saturated heterocycles. The standard InChI is InChI=1S/C16H27N3OS/c1-11(2)9-13(17)16-19-14(10-21-16)15(20)18-12-7-5-3-4-6-8-12/h10-13H,3-9,17H2,1-2H3,(H,18,20). The smallest absolute Gasteiger partial charge is 0.270 e. The third kappa shape index (κ3) is 5.08. The SMILES string of the molecule is CC(C)CC(N)c1nc(C(=O)NC2CCCCCC2)cs1. The van der Waals surface area contributed by atoms with Crippen LogP contribution in [0.2, 0.25) is 0 Å². The summed E-state index contributed by atoms with van der Waals surface area (Å²) >= 11 is 1.50. The number of nitrogens with two attached hydrogens (primary N) is 1. The maximum atomic E-state index is 12.3. The first kappa shape index (κ1) is 16.4. The van der Waals surface area contributed by atoms with Crippen molar-refractivity contribution in [2.75, 3.05) is 0 Å². The summed E-state index contributed by atoms with van der Waals surface area (Å²) in [5.74, 6) is 0.494. The van der Waals surface area contributed by atoms with Crippen molar-refractivity contribution in [3.05, 3.63) is 16.1 Å². The fourth-order valence-corrected chi connectivity index (χ4v) is 3.67. The number of nitrogens with zero attached hydrogens (tertiary/aromatic N) is 1. The second-order valence-corrected chi connectivity index (χ2v) is 7.36. The minimum absolute atomic E-state index is 0.0406. The molecule has 5 heteroatoms. The molecule has 0 bridgehead atoms. The molecule has 1 aromatic rings. The third-order valence-corrected chi connectivity index (χ3v) is 4.96. The molecule has 1 atom stereocenters. The summed E-state index contributed by atoms with van der Waals surface area (Å²) < 4.78 is 0. The molecule has 1 unspecified atom stereocenters. The van der Waals surface area contributed by atoms with Crippen molar-refractivity contribution in [3.63, 3.8) is 0 Å². The van der Waals surface area contributed by atoms with E-state index in [9.17, 15) is 4.79 Å². The van der Waals surface area contributed by atoms with E-state index in [2.05, 4.69) is 24.1 Å². The number of carbonyl (C=O) groups is 1. The molecule has 4 nitrogen and oxygen atoms in total. The Labute approximate surface area is 131 Å². The Hall–Kier alpha value is -0.940. The Kier molecular flexibility index (Phi) is 6.18. The first-order chi connectivity index (χ1) is 10.1. The lowest BCUT2D eigenvalue weighted by atomic mass is 10.1. The highest BCUT2D eigenvalue weighted by Crippen LogP contribution is 2.23. The van der Waals surface area contributed by atoms with E-state index < -0.39 is 0 Å². The molecule has 0 aromatic carbocycles. The maximum Gasteiger partial charge on any atom is 0.270 e. The Morgan fingerprint density at radius 1 is 1.38 bits per heavy atom. The normalized spacial score (nSPS) is 18.5. The fraction of sp³-hybridized carbons (Fsp3) is 0.750. The second kappa shape index (κ2) is 7.90. The van der Waals surface area contributed by atoms with Crippen LogP contribution in [0.15, 0.2) is 5.38 Å². The minimum atomic E-state index is -0.0607. The quantitative estimate of drug-likeness (QED) is 0.816. The number of carbonyl (C=O) groups excluding carboxylic acids is 1. The van der Waals surface area contributed by atoms with Crippen molar-refractivity contribution in [1.29, 1.82) is 0 Å². The zero-order chi connectivity index (χ0) is 15.2. The van der Waals surface area contributed by atoms with E-state index in [0.717, 1.165) is 24.3 Å². The van der Waals surface area contributed by atoms with Gasteiger partial charge in [0.1, 0.15) is 10.7 Å². The first-order valence-corrected chi connectivity index (χ1v) is 8.96. The van der Waals surface area contributed by atoms with Crippen molar-refractivity contribution < 1.29 is 4.79 Å². The third-order valence-electron chi connectivity index (χ3n) is 3.99. The van der Waals surface area contributed by atoms with Crippen LogP contribution < -0.4 is 11.1 Å². The number of thiazole rings is 1. The number of rotatable bonds is 5. The summed E-state index contributed by atoms with van der Waals surface area (Å²) in [6.45, 7) is 4.29. The molecule has 1 amide bonds. The van der Waals surface area contributed by atoms with Gasteiger partial charge in [-0.15, -0.1) is 11.3 Å². The van der Waals surface area contributed by atoms with Gasteiger partial charge in [-0.05, 0) is 25.2 Å². The van der Waals surface area contributed by atoms with E-state index in [1.165, 1.54) is 37.0 Å². The Morgan fingerprint density at radius 3 is 2.67 bits per heavy atom. The molecule has 1 saturated carbocycles. The monoisotopic (exact) mass is 309 g/mol. The van der Waals surface area contributed by atoms with Gasteiger partial charge in [0.2, 0.25) is 0 Å². The maximum absolute atomic E-state index is 12.3. The van der Waals surface area contributed by atoms with Crippen molar-refractivity contribution >= 4 is 17.2 Å². The highest BCUT2D eigenvalue weighted by molar-refractivity contribution is 7.09. The van der Waals surface area contributed by atoms with Gasteiger partial charge in [-0.3, -0.25) is 4.79 Å². The van der Waals surface area contributed by atoms with Crippen LogP contribution in [-0.2, 0) is 0 Å². The molecule has 118 valence electrons. The average molecular weight is 309 g/mol. The molecule has 3 N–H and O–H groups in total. The van der Waals surface area contributed by atoms with Crippen LogP contribution in [0.3, 0.4) is 0 Å². The molecule has 1 heterocycles. The number of amides is 1. The van der Waals surface area contributed by atoms with Crippen LogP contribution in [0, 0.1) is 5.92 Å². The van der Waals surface area contributed by atoms with Crippen molar-refractivity contribution in [2.24, 2.45) is 11.7 Å². The van der Waals surface area contributed by atoms with Crippen LogP contribution in [0.4, 0.5) is 0 Å². The summed E-state index contributed by atoms with van der Waals surface area (Å²) in [6.07, 6.45) is 8.09. The average Bonchev–Trinajstić information content (AvgIpc) is 2.78. The molecular weight excluding hydrogens is 282 g/mol. The van der Waals surface area contributed by atoms with Gasteiger partial charge in [-0.1, -0.05) is 39.5 Å². The molecule has 0 spiro atoms. The van der Waals surface area contributed by atoms with Gasteiger partial charge in [0.05, 0.1) is 6.04 Å². The van der Waals surface area contributed by atoms with Gasteiger partial charge in [0.15, 0.2) is 0 Å². The Bertz CT molecular complexity index is 450. The number of aromatic nitrogens is 1. The van der Waals surface area contributed by atoms with Gasteiger partial charge in [0.25, 0.3) is 5.91 Å². The molecule has 1 aromatic heterocycles. The molecule has 0 aliphatic heterocycles. The lowest BCUT2D eigenvalue weighted by Gasteiger charge is -2.15. The predicted octanol–water partition coefficient (Wildman–Crippen LogP) is 3.64. The fourth-order valence-electron chi connectivity index (χ4n) is 2.85. The Morgan fingerprint density at radius 2 is 2.05 bits per heavy atom. The van der Waals surface area contributed by atoms with Crippen molar-refractivity contribution in [2.45, 2.75) is 70.9 Å². The first-order valence-electron chi connectivity index (χ1n) is 8.08. The molecule has 1 aliphatic rings. The molecule has 2 rings (SSSR count). The van der Waals surface area contributed by atoms with E-state index in [1.54, 1.807) is 0 Å². The topological polar surface area (TPSA) is 68.0 Å². The summed E-state index contributed by atoms with van der Waals surface area (Å²) in [7, 11) is 0. The number of hydrogen-bond acceptors (Lipinski definition) is 4. The van der Waals surface area contributed by atoms with E-state index in [1.807, 2.05) is 5.38 Å². The van der Waals surface area contributed by atoms with E-state index in [0.29, 0.717) is 17.7 Å². The van der Waals surface area contributed by atoms with E-state index in [-0.39, 0.29) is 11.9 Å². The minimum Gasteiger partial charge on any atom is -0.348 e. The van der Waals surface area contributed by atoms with Crippen LogP contribution in [-0.4, -0.2) is 16.9 Å². The predicted molar refractivity (Wildman–Crippen MR) is 87.5 cm³/mol. The zero-order valence-corrected chi connectivity index (χ0v) is 13.9. The largest absolute Gasteiger partial charge is 0.348 e. The van der Waals surface area contributed by atoms with Gasteiger partial charge in [-0.25, -0.2) is 4.98 Å². The number of nitrogens with one attached hydrogen (secondary N) is 1. The van der Waals surface area contributed by atoms with E-state index >= 15 is 0 Å². The highest BCUT2D eigenvalue weighted by atomic mass is 32.1. The number of hydrogen-bond donors (Lipinski definition) is 2. The van der Waals surface area contributed by atoms with Crippen LogP contribution in [0.25, 0.3) is 0 Å². The lowest BCUT2D eigenvalue weighted by Crippen LogP contribution is -2.34. The van der Waals surface area contributed by atoms with Gasteiger partial charge in [0, 0.05) is 11.4 Å². The summed E-state index contributed by atoms with van der Waals surface area (Å²) in [4.78, 5) is 16.7.